The molecule has 1 aliphatic carbocycles. The van der Waals surface area contributed by atoms with Crippen LogP contribution in [0, 0.1) is 11.8 Å². The van der Waals surface area contributed by atoms with E-state index in [2.05, 4.69) is 18.7 Å². The van der Waals surface area contributed by atoms with Crippen LogP contribution in [0.1, 0.15) is 26.7 Å². The van der Waals surface area contributed by atoms with Crippen molar-refractivity contribution in [2.75, 3.05) is 39.2 Å². The number of esters is 1. The second-order valence-electron chi connectivity index (χ2n) is 6.10. The summed E-state index contributed by atoms with van der Waals surface area (Å²) in [6, 6.07) is 0. The van der Waals surface area contributed by atoms with Crippen molar-refractivity contribution in [1.82, 2.24) is 4.90 Å². The zero-order valence-corrected chi connectivity index (χ0v) is 15.1. The maximum atomic E-state index is 12.6. The van der Waals surface area contributed by atoms with Crippen molar-refractivity contribution in [2.45, 2.75) is 31.9 Å². The molecule has 5 nitrogen and oxygen atoms in total. The topological polar surface area (TPSA) is 55.8 Å². The molecule has 130 valence electrons. The van der Waals surface area contributed by atoms with Crippen molar-refractivity contribution >= 4 is 23.5 Å². The second kappa shape index (κ2) is 8.73. The molecule has 0 aromatic carbocycles. The van der Waals surface area contributed by atoms with Crippen LogP contribution in [0.5, 0.6) is 0 Å². The SMILES string of the molecule is CCS[C@H](C)C[C@@H]1CC(N2CCOCC2)=CC(=O)[C@H]1C(=O)OC. The first-order chi connectivity index (χ1) is 11.1. The lowest BCUT2D eigenvalue weighted by Crippen LogP contribution is -2.42. The van der Waals surface area contributed by atoms with E-state index >= 15 is 0 Å². The summed E-state index contributed by atoms with van der Waals surface area (Å²) in [7, 11) is 1.36. The van der Waals surface area contributed by atoms with E-state index in [1.165, 1.54) is 7.11 Å². The molecule has 0 aromatic heterocycles. The largest absolute Gasteiger partial charge is 0.468 e. The van der Waals surface area contributed by atoms with Crippen LogP contribution in [0.15, 0.2) is 11.8 Å². The van der Waals surface area contributed by atoms with Crippen molar-refractivity contribution in [3.05, 3.63) is 11.8 Å². The van der Waals surface area contributed by atoms with Gasteiger partial charge in [0.05, 0.1) is 20.3 Å². The van der Waals surface area contributed by atoms with Crippen LogP contribution < -0.4 is 0 Å². The maximum Gasteiger partial charge on any atom is 0.316 e. The first-order valence-corrected chi connectivity index (χ1v) is 9.38. The number of nitrogens with zero attached hydrogens (tertiary/aromatic N) is 1. The number of ether oxygens (including phenoxy) is 2. The summed E-state index contributed by atoms with van der Waals surface area (Å²) < 4.78 is 10.3. The summed E-state index contributed by atoms with van der Waals surface area (Å²) in [6.07, 6.45) is 3.27. The van der Waals surface area contributed by atoms with E-state index in [1.807, 2.05) is 11.8 Å². The Kier molecular flexibility index (Phi) is 6.96. The molecule has 1 aliphatic heterocycles. The van der Waals surface area contributed by atoms with Gasteiger partial charge in [0.25, 0.3) is 0 Å². The summed E-state index contributed by atoms with van der Waals surface area (Å²) in [6.45, 7) is 7.31. The number of carbonyl (C=O) groups excluding carboxylic acids is 2. The van der Waals surface area contributed by atoms with Gasteiger partial charge in [0, 0.05) is 30.1 Å². The Bertz CT molecular complexity index is 460. The van der Waals surface area contributed by atoms with Crippen molar-refractivity contribution in [1.29, 1.82) is 0 Å². The zero-order chi connectivity index (χ0) is 16.8. The summed E-state index contributed by atoms with van der Waals surface area (Å²) in [4.78, 5) is 26.9. The average Bonchev–Trinajstić information content (AvgIpc) is 2.55. The lowest BCUT2D eigenvalue weighted by atomic mass is 9.77. The van der Waals surface area contributed by atoms with Gasteiger partial charge in [0.1, 0.15) is 5.92 Å². The highest BCUT2D eigenvalue weighted by Gasteiger charge is 2.40. The Morgan fingerprint density at radius 3 is 2.78 bits per heavy atom. The van der Waals surface area contributed by atoms with Crippen LogP contribution in [0.25, 0.3) is 0 Å². The van der Waals surface area contributed by atoms with Gasteiger partial charge < -0.3 is 14.4 Å². The van der Waals surface area contributed by atoms with E-state index in [-0.39, 0.29) is 11.7 Å². The third-order valence-electron chi connectivity index (χ3n) is 4.52. The molecule has 1 fully saturated rings. The lowest BCUT2D eigenvalue weighted by molar-refractivity contribution is -0.151. The van der Waals surface area contributed by atoms with Crippen LogP contribution in [0.4, 0.5) is 0 Å². The highest BCUT2D eigenvalue weighted by Crippen LogP contribution is 2.35. The number of thioether (sulfide) groups is 1. The van der Waals surface area contributed by atoms with Crippen LogP contribution >= 0.6 is 11.8 Å². The van der Waals surface area contributed by atoms with E-state index in [4.69, 9.17) is 9.47 Å². The standard InChI is InChI=1S/C17H27NO4S/c1-4-23-12(2)9-13-10-14(18-5-7-22-8-6-18)11-15(19)16(13)17(20)21-3/h11-13,16H,4-10H2,1-3H3/t12-,13-,16+/m1/s1. The van der Waals surface area contributed by atoms with E-state index in [1.54, 1.807) is 6.08 Å². The Balaban J connectivity index is 2.15. The molecule has 0 aromatic rings. The Hall–Kier alpha value is -1.01. The van der Waals surface area contributed by atoms with E-state index in [9.17, 15) is 9.59 Å². The number of allylic oxidation sites excluding steroid dienone is 2. The van der Waals surface area contributed by atoms with Gasteiger partial charge in [-0.3, -0.25) is 9.59 Å². The molecule has 2 aliphatic rings. The van der Waals surface area contributed by atoms with Gasteiger partial charge in [-0.05, 0) is 24.5 Å². The minimum Gasteiger partial charge on any atom is -0.468 e. The van der Waals surface area contributed by atoms with Crippen LogP contribution in [0.2, 0.25) is 0 Å². The minimum atomic E-state index is -0.648. The van der Waals surface area contributed by atoms with Gasteiger partial charge >= 0.3 is 5.97 Å². The van der Waals surface area contributed by atoms with Gasteiger partial charge in [0.2, 0.25) is 0 Å². The number of hydrogen-bond acceptors (Lipinski definition) is 6. The predicted octanol–water partition coefficient (Wildman–Crippen LogP) is 2.11. The van der Waals surface area contributed by atoms with Crippen molar-refractivity contribution in [3.8, 4) is 0 Å². The van der Waals surface area contributed by atoms with Crippen LogP contribution in [0.3, 0.4) is 0 Å². The summed E-state index contributed by atoms with van der Waals surface area (Å²) in [5, 5.41) is 0.425. The molecule has 0 N–H and O–H groups in total. The highest BCUT2D eigenvalue weighted by molar-refractivity contribution is 7.99. The molecule has 0 radical (unpaired) electrons. The van der Waals surface area contributed by atoms with E-state index in [0.717, 1.165) is 37.4 Å². The number of hydrogen-bond donors (Lipinski definition) is 0. The first kappa shape index (κ1) is 18.3. The smallest absolute Gasteiger partial charge is 0.316 e. The molecule has 2 rings (SSSR count). The number of methoxy groups -OCH3 is 1. The Labute approximate surface area is 142 Å². The fraction of sp³-hybridized carbons (Fsp3) is 0.765. The Morgan fingerprint density at radius 1 is 1.48 bits per heavy atom. The van der Waals surface area contributed by atoms with Gasteiger partial charge in [0.15, 0.2) is 5.78 Å². The predicted molar refractivity (Wildman–Crippen MR) is 91.3 cm³/mol. The first-order valence-electron chi connectivity index (χ1n) is 8.33. The molecule has 1 saturated heterocycles. The third-order valence-corrected chi connectivity index (χ3v) is 5.61. The van der Waals surface area contributed by atoms with Gasteiger partial charge in [-0.25, -0.2) is 0 Å². The van der Waals surface area contributed by atoms with Crippen LogP contribution in [-0.2, 0) is 19.1 Å². The summed E-state index contributed by atoms with van der Waals surface area (Å²) in [5.74, 6) is -0.0949. The quantitative estimate of drug-likeness (QED) is 0.545. The normalized spacial score (nSPS) is 26.7. The van der Waals surface area contributed by atoms with Gasteiger partial charge in [-0.2, -0.15) is 11.8 Å². The molecule has 0 bridgehead atoms. The number of carbonyl (C=O) groups is 2. The lowest BCUT2D eigenvalue weighted by Gasteiger charge is -2.37. The average molecular weight is 341 g/mol. The minimum absolute atomic E-state index is 0.0202. The molecule has 0 unspecified atom stereocenters. The number of ketones is 1. The number of morpholine rings is 1. The van der Waals surface area contributed by atoms with Gasteiger partial charge in [-0.15, -0.1) is 0 Å². The monoisotopic (exact) mass is 341 g/mol. The third kappa shape index (κ3) is 4.73. The molecule has 0 amide bonds. The van der Waals surface area contributed by atoms with Crippen molar-refractivity contribution < 1.29 is 19.1 Å². The molecule has 0 saturated carbocycles. The molecule has 3 atom stereocenters. The fourth-order valence-electron chi connectivity index (χ4n) is 3.44. The molecular formula is C17H27NO4S. The van der Waals surface area contributed by atoms with Gasteiger partial charge in [-0.1, -0.05) is 13.8 Å². The van der Waals surface area contributed by atoms with Crippen molar-refractivity contribution in [3.63, 3.8) is 0 Å². The van der Waals surface area contributed by atoms with Crippen molar-refractivity contribution in [2.24, 2.45) is 11.8 Å². The van der Waals surface area contributed by atoms with E-state index in [0.29, 0.717) is 18.5 Å². The molecule has 1 heterocycles. The highest BCUT2D eigenvalue weighted by atomic mass is 32.2. The number of rotatable bonds is 6. The zero-order valence-electron chi connectivity index (χ0n) is 14.2. The summed E-state index contributed by atoms with van der Waals surface area (Å²) in [5.41, 5.74) is 1.05. The molecule has 6 heteroatoms. The summed E-state index contributed by atoms with van der Waals surface area (Å²) >= 11 is 1.87. The Morgan fingerprint density at radius 2 is 2.17 bits per heavy atom. The maximum absolute atomic E-state index is 12.6. The van der Waals surface area contributed by atoms with Crippen LogP contribution in [-0.4, -0.2) is 61.1 Å². The molecular weight excluding hydrogens is 314 g/mol. The molecule has 23 heavy (non-hydrogen) atoms. The second-order valence-corrected chi connectivity index (χ2v) is 7.82. The molecule has 0 spiro atoms. The fourth-order valence-corrected chi connectivity index (χ4v) is 4.39. The van der Waals surface area contributed by atoms with E-state index < -0.39 is 11.9 Å².